The monoisotopic (exact) mass is 448 g/mol. The van der Waals surface area contributed by atoms with Gasteiger partial charge in [-0.25, -0.2) is 4.79 Å². The second-order valence-corrected chi connectivity index (χ2v) is 6.36. The number of esters is 1. The Balaban J connectivity index is 0.000000351. The summed E-state index contributed by atoms with van der Waals surface area (Å²) in [5, 5.41) is 8.40. The molecule has 0 fully saturated rings. The van der Waals surface area contributed by atoms with Gasteiger partial charge in [0.25, 0.3) is 0 Å². The predicted octanol–water partition coefficient (Wildman–Crippen LogP) is 3.82. The number of benzene rings is 1. The van der Waals surface area contributed by atoms with Gasteiger partial charge < -0.3 is 19.3 Å². The Bertz CT molecular complexity index is 596. The van der Waals surface area contributed by atoms with Crippen LogP contribution in [0.5, 0.6) is 11.5 Å². The molecule has 1 N–H and O–H groups in total. The number of ether oxygens (including phenoxy) is 3. The summed E-state index contributed by atoms with van der Waals surface area (Å²) in [5.74, 6) is 0.973. The number of cyclic esters (lactones) is 1. The zero-order valence-electron chi connectivity index (χ0n) is 14.6. The molecule has 0 radical (unpaired) electrons. The van der Waals surface area contributed by atoms with Crippen molar-refractivity contribution < 1.29 is 24.1 Å². The Morgan fingerprint density at radius 1 is 1.46 bits per heavy atom. The van der Waals surface area contributed by atoms with Gasteiger partial charge in [0.15, 0.2) is 0 Å². The minimum atomic E-state index is -0.311. The summed E-state index contributed by atoms with van der Waals surface area (Å²) in [6, 6.07) is 1.76. The van der Waals surface area contributed by atoms with Gasteiger partial charge in [-0.05, 0) is 25.8 Å². The highest BCUT2D eigenvalue weighted by atomic mass is 127. The lowest BCUT2D eigenvalue weighted by atomic mass is 10.0. The van der Waals surface area contributed by atoms with Gasteiger partial charge in [0, 0.05) is 16.1 Å². The number of fused-ring (bicyclic) bond motifs is 1. The molecule has 1 aromatic carbocycles. The number of methoxy groups -OCH3 is 1. The maximum absolute atomic E-state index is 11.7. The Morgan fingerprint density at radius 3 is 2.67 bits per heavy atom. The second-order valence-electron chi connectivity index (χ2n) is 5.29. The fourth-order valence-electron chi connectivity index (χ4n) is 2.29. The topological polar surface area (TPSA) is 65.0 Å². The van der Waals surface area contributed by atoms with Gasteiger partial charge in [0.2, 0.25) is 0 Å². The van der Waals surface area contributed by atoms with Gasteiger partial charge in [0.05, 0.1) is 20.3 Å². The summed E-state index contributed by atoms with van der Waals surface area (Å²) >= 11 is 2.22. The first kappa shape index (κ1) is 20.8. The van der Waals surface area contributed by atoms with E-state index in [0.717, 1.165) is 33.3 Å². The lowest BCUT2D eigenvalue weighted by Gasteiger charge is -2.13. The van der Waals surface area contributed by atoms with Gasteiger partial charge in [-0.15, -0.1) is 0 Å². The number of rotatable bonds is 6. The maximum Gasteiger partial charge on any atom is 0.342 e. The first-order chi connectivity index (χ1) is 11.5. The van der Waals surface area contributed by atoms with Crippen LogP contribution < -0.4 is 9.47 Å². The van der Waals surface area contributed by atoms with E-state index in [2.05, 4.69) is 29.5 Å². The van der Waals surface area contributed by atoms with E-state index in [1.807, 2.05) is 19.9 Å². The third-order valence-electron chi connectivity index (χ3n) is 3.54. The number of aliphatic hydroxyl groups is 1. The van der Waals surface area contributed by atoms with Crippen LogP contribution in [0.25, 0.3) is 0 Å². The highest BCUT2D eigenvalue weighted by Gasteiger charge is 2.29. The van der Waals surface area contributed by atoms with Crippen molar-refractivity contribution in [2.24, 2.45) is 0 Å². The lowest BCUT2D eigenvalue weighted by molar-refractivity contribution is 0.0532. The fraction of sp³-hybridized carbons (Fsp3) is 0.500. The van der Waals surface area contributed by atoms with E-state index in [4.69, 9.17) is 19.3 Å². The summed E-state index contributed by atoms with van der Waals surface area (Å²) in [4.78, 5) is 11.7. The molecule has 1 aliphatic heterocycles. The molecule has 1 aromatic rings. The normalized spacial score (nSPS) is 12.9. The molecule has 0 saturated heterocycles. The second kappa shape index (κ2) is 10.6. The van der Waals surface area contributed by atoms with Crippen LogP contribution in [-0.2, 0) is 11.3 Å². The van der Waals surface area contributed by atoms with Crippen LogP contribution in [0.2, 0.25) is 0 Å². The zero-order chi connectivity index (χ0) is 18.1. The van der Waals surface area contributed by atoms with Crippen molar-refractivity contribution in [3.8, 4) is 11.5 Å². The van der Waals surface area contributed by atoms with Crippen molar-refractivity contribution >= 4 is 28.6 Å². The largest absolute Gasteiger partial charge is 0.496 e. The summed E-state index contributed by atoms with van der Waals surface area (Å²) in [6.07, 6.45) is 3.03. The Hall–Kier alpha value is -1.28. The summed E-state index contributed by atoms with van der Waals surface area (Å²) in [7, 11) is 1.61. The van der Waals surface area contributed by atoms with Gasteiger partial charge in [-0.3, -0.25) is 0 Å². The number of hydrogen-bond donors (Lipinski definition) is 1. The van der Waals surface area contributed by atoms with Crippen LogP contribution in [-0.4, -0.2) is 35.8 Å². The van der Waals surface area contributed by atoms with Crippen molar-refractivity contribution in [1.82, 2.24) is 0 Å². The van der Waals surface area contributed by atoms with Crippen LogP contribution >= 0.6 is 22.6 Å². The van der Waals surface area contributed by atoms with Gasteiger partial charge >= 0.3 is 5.97 Å². The van der Waals surface area contributed by atoms with Crippen LogP contribution in [0.15, 0.2) is 17.7 Å². The summed E-state index contributed by atoms with van der Waals surface area (Å²) in [6.45, 7) is 6.96. The number of carbonyl (C=O) groups excluding carboxylic acids is 1. The van der Waals surface area contributed by atoms with E-state index >= 15 is 0 Å². The molecule has 0 amide bonds. The molecule has 6 heteroatoms. The summed E-state index contributed by atoms with van der Waals surface area (Å²) < 4.78 is 16.8. The quantitative estimate of drug-likeness (QED) is 0.310. The standard InChI is InChI=1S/C12H13IO4.C6H12O/c1-7-8-6-17-12(14)11(8)10(16-4-3-13)5-9(7)15-2;1-3-4-6(2)5-7/h5H,3-4,6H2,1-2H3;4,7H,3,5H2,1-2H3/b;6-4+. The minimum Gasteiger partial charge on any atom is -0.496 e. The number of hydrogen-bond acceptors (Lipinski definition) is 5. The smallest absolute Gasteiger partial charge is 0.342 e. The van der Waals surface area contributed by atoms with E-state index in [1.165, 1.54) is 0 Å². The molecule has 0 atom stereocenters. The molecule has 2 rings (SSSR count). The lowest BCUT2D eigenvalue weighted by Crippen LogP contribution is -2.05. The van der Waals surface area contributed by atoms with E-state index in [9.17, 15) is 4.79 Å². The van der Waals surface area contributed by atoms with E-state index in [-0.39, 0.29) is 12.6 Å². The summed E-state index contributed by atoms with van der Waals surface area (Å²) in [5.41, 5.74) is 3.42. The third-order valence-corrected chi connectivity index (χ3v) is 3.98. The first-order valence-electron chi connectivity index (χ1n) is 7.82. The molecule has 0 saturated carbocycles. The van der Waals surface area contributed by atoms with Crippen molar-refractivity contribution in [2.75, 3.05) is 24.8 Å². The van der Waals surface area contributed by atoms with E-state index in [0.29, 0.717) is 24.5 Å². The number of halogens is 1. The minimum absolute atomic E-state index is 0.202. The van der Waals surface area contributed by atoms with Crippen LogP contribution in [0.1, 0.15) is 41.8 Å². The number of allylic oxidation sites excluding steroid dienone is 1. The Labute approximate surface area is 157 Å². The molecule has 0 aliphatic carbocycles. The molecule has 24 heavy (non-hydrogen) atoms. The van der Waals surface area contributed by atoms with Crippen LogP contribution in [0.3, 0.4) is 0 Å². The molecule has 0 bridgehead atoms. The van der Waals surface area contributed by atoms with Crippen LogP contribution in [0, 0.1) is 6.92 Å². The van der Waals surface area contributed by atoms with Crippen molar-refractivity contribution in [3.05, 3.63) is 34.4 Å². The highest BCUT2D eigenvalue weighted by molar-refractivity contribution is 14.1. The van der Waals surface area contributed by atoms with Crippen molar-refractivity contribution in [3.63, 3.8) is 0 Å². The predicted molar refractivity (Wildman–Crippen MR) is 102 cm³/mol. The molecule has 0 aromatic heterocycles. The Morgan fingerprint density at radius 2 is 2.17 bits per heavy atom. The molecule has 0 unspecified atom stereocenters. The molecular weight excluding hydrogens is 423 g/mol. The SMILES string of the molecule is CC/C=C(\C)CO.COc1cc(OCCI)c2c(c1C)COC2=O. The van der Waals surface area contributed by atoms with E-state index < -0.39 is 0 Å². The average Bonchev–Trinajstić information content (AvgIpc) is 2.98. The highest BCUT2D eigenvalue weighted by Crippen LogP contribution is 2.37. The number of aliphatic hydroxyl groups excluding tert-OH is 1. The molecular formula is C18H25IO5. The van der Waals surface area contributed by atoms with E-state index in [1.54, 1.807) is 13.2 Å². The number of carbonyl (C=O) groups is 1. The van der Waals surface area contributed by atoms with Gasteiger partial charge in [-0.2, -0.15) is 0 Å². The molecule has 5 nitrogen and oxygen atoms in total. The molecule has 1 aliphatic rings. The van der Waals surface area contributed by atoms with Crippen molar-refractivity contribution in [2.45, 2.75) is 33.8 Å². The van der Waals surface area contributed by atoms with Gasteiger partial charge in [-0.1, -0.05) is 41.2 Å². The third kappa shape index (κ3) is 5.37. The van der Waals surface area contributed by atoms with Crippen molar-refractivity contribution in [1.29, 1.82) is 0 Å². The molecule has 0 spiro atoms. The fourth-order valence-corrected chi connectivity index (χ4v) is 2.51. The zero-order valence-corrected chi connectivity index (χ0v) is 16.8. The molecule has 134 valence electrons. The average molecular weight is 448 g/mol. The van der Waals surface area contributed by atoms with Gasteiger partial charge in [0.1, 0.15) is 23.7 Å². The molecule has 1 heterocycles. The first-order valence-corrected chi connectivity index (χ1v) is 9.35. The van der Waals surface area contributed by atoms with Crippen LogP contribution in [0.4, 0.5) is 0 Å². The number of alkyl halides is 1. The Kier molecular flexibility index (Phi) is 9.13. The maximum atomic E-state index is 11.7.